The predicted octanol–water partition coefficient (Wildman–Crippen LogP) is 2.43. The number of oxazole rings is 1. The molecular formula is C17H18N2O3. The molecule has 0 spiro atoms. The van der Waals surface area contributed by atoms with E-state index >= 15 is 0 Å². The van der Waals surface area contributed by atoms with Crippen LogP contribution in [0.1, 0.15) is 41.4 Å². The van der Waals surface area contributed by atoms with Gasteiger partial charge in [0.1, 0.15) is 5.76 Å². The lowest BCUT2D eigenvalue weighted by atomic mass is 10.2. The molecule has 2 heterocycles. The van der Waals surface area contributed by atoms with E-state index in [0.717, 1.165) is 18.4 Å². The third-order valence-corrected chi connectivity index (χ3v) is 4.28. The van der Waals surface area contributed by atoms with Crippen molar-refractivity contribution in [2.24, 2.45) is 0 Å². The summed E-state index contributed by atoms with van der Waals surface area (Å²) in [5.74, 6) is 1.41. The number of nitrogens with zero attached hydrogens (tertiary/aromatic N) is 2. The molecule has 2 aliphatic rings. The molecule has 1 saturated carbocycles. The van der Waals surface area contributed by atoms with E-state index in [9.17, 15) is 9.90 Å². The smallest absolute Gasteiger partial charge is 0.276 e. The van der Waals surface area contributed by atoms with Crippen LogP contribution in [-0.4, -0.2) is 40.1 Å². The van der Waals surface area contributed by atoms with Gasteiger partial charge in [0.25, 0.3) is 5.91 Å². The second kappa shape index (κ2) is 5.25. The predicted molar refractivity (Wildman–Crippen MR) is 80.4 cm³/mol. The van der Waals surface area contributed by atoms with Crippen molar-refractivity contribution in [2.45, 2.75) is 31.3 Å². The van der Waals surface area contributed by atoms with Crippen LogP contribution in [0.2, 0.25) is 0 Å². The van der Waals surface area contributed by atoms with Crippen molar-refractivity contribution < 1.29 is 14.3 Å². The van der Waals surface area contributed by atoms with E-state index in [1.165, 1.54) is 0 Å². The SMILES string of the molecule is O=C(c1nc(-c2ccccc2)oc1C1CC1)N1CC[C@@H](O)C1. The number of hydrogen-bond acceptors (Lipinski definition) is 4. The second-order valence-corrected chi connectivity index (χ2v) is 6.07. The summed E-state index contributed by atoms with van der Waals surface area (Å²) in [6.45, 7) is 0.966. The van der Waals surface area contributed by atoms with E-state index in [-0.39, 0.29) is 5.91 Å². The van der Waals surface area contributed by atoms with E-state index in [2.05, 4.69) is 4.98 Å². The highest BCUT2D eigenvalue weighted by Crippen LogP contribution is 2.43. The summed E-state index contributed by atoms with van der Waals surface area (Å²) < 4.78 is 5.91. The van der Waals surface area contributed by atoms with Gasteiger partial charge in [0, 0.05) is 24.6 Å². The minimum atomic E-state index is -0.422. The van der Waals surface area contributed by atoms with Crippen LogP contribution >= 0.6 is 0 Å². The fraction of sp³-hybridized carbons (Fsp3) is 0.412. The molecule has 4 rings (SSSR count). The molecule has 5 nitrogen and oxygen atoms in total. The number of amides is 1. The van der Waals surface area contributed by atoms with Crippen molar-refractivity contribution in [1.29, 1.82) is 0 Å². The number of aliphatic hydroxyl groups excluding tert-OH is 1. The van der Waals surface area contributed by atoms with Crippen LogP contribution in [0.5, 0.6) is 0 Å². The zero-order valence-corrected chi connectivity index (χ0v) is 12.2. The number of carbonyl (C=O) groups is 1. The topological polar surface area (TPSA) is 66.6 Å². The Balaban J connectivity index is 1.69. The quantitative estimate of drug-likeness (QED) is 0.945. The molecule has 0 radical (unpaired) electrons. The summed E-state index contributed by atoms with van der Waals surface area (Å²) in [4.78, 5) is 18.8. The van der Waals surface area contributed by atoms with Gasteiger partial charge in [-0.1, -0.05) is 18.2 Å². The summed E-state index contributed by atoms with van der Waals surface area (Å²) >= 11 is 0. The third kappa shape index (κ3) is 2.41. The Morgan fingerprint density at radius 3 is 2.64 bits per heavy atom. The number of benzene rings is 1. The van der Waals surface area contributed by atoms with Crippen molar-refractivity contribution in [1.82, 2.24) is 9.88 Å². The molecule has 22 heavy (non-hydrogen) atoms. The molecule has 5 heteroatoms. The number of rotatable bonds is 3. The zero-order chi connectivity index (χ0) is 15.1. The summed E-state index contributed by atoms with van der Waals surface area (Å²) in [6.07, 6.45) is 2.31. The average Bonchev–Trinajstić information content (AvgIpc) is 3.14. The Kier molecular flexibility index (Phi) is 3.22. The van der Waals surface area contributed by atoms with Gasteiger partial charge in [-0.3, -0.25) is 4.79 Å². The van der Waals surface area contributed by atoms with Gasteiger partial charge in [-0.2, -0.15) is 0 Å². The summed E-state index contributed by atoms with van der Waals surface area (Å²) in [6, 6.07) is 9.64. The molecule has 0 bridgehead atoms. The molecule has 114 valence electrons. The fourth-order valence-electron chi connectivity index (χ4n) is 2.89. The van der Waals surface area contributed by atoms with Gasteiger partial charge >= 0.3 is 0 Å². The summed E-state index contributed by atoms with van der Waals surface area (Å²) in [7, 11) is 0. The van der Waals surface area contributed by atoms with E-state index in [1.807, 2.05) is 30.3 Å². The number of β-amino-alcohol motifs (C(OH)–C–C–N with tert-alkyl or cyclic N) is 1. The minimum Gasteiger partial charge on any atom is -0.440 e. The van der Waals surface area contributed by atoms with Crippen LogP contribution in [-0.2, 0) is 0 Å². The van der Waals surface area contributed by atoms with Crippen molar-refractivity contribution >= 4 is 5.91 Å². The highest BCUT2D eigenvalue weighted by atomic mass is 16.4. The summed E-state index contributed by atoms with van der Waals surface area (Å²) in [5, 5.41) is 9.63. The van der Waals surface area contributed by atoms with Crippen molar-refractivity contribution in [3.8, 4) is 11.5 Å². The molecule has 1 N–H and O–H groups in total. The molecule has 1 aromatic heterocycles. The maximum absolute atomic E-state index is 12.7. The Bertz CT molecular complexity index is 691. The number of carbonyl (C=O) groups excluding carboxylic acids is 1. The van der Waals surface area contributed by atoms with Gasteiger partial charge < -0.3 is 14.4 Å². The van der Waals surface area contributed by atoms with Crippen LogP contribution in [0.25, 0.3) is 11.5 Å². The highest BCUT2D eigenvalue weighted by molar-refractivity contribution is 5.94. The number of hydrogen-bond donors (Lipinski definition) is 1. The molecule has 2 fully saturated rings. The first kappa shape index (κ1) is 13.5. The first-order valence-electron chi connectivity index (χ1n) is 7.76. The van der Waals surface area contributed by atoms with E-state index in [0.29, 0.717) is 42.8 Å². The lowest BCUT2D eigenvalue weighted by Gasteiger charge is -2.14. The molecule has 1 aliphatic carbocycles. The largest absolute Gasteiger partial charge is 0.440 e. The second-order valence-electron chi connectivity index (χ2n) is 6.07. The van der Waals surface area contributed by atoms with Gasteiger partial charge in [-0.15, -0.1) is 0 Å². The number of aromatic nitrogens is 1. The zero-order valence-electron chi connectivity index (χ0n) is 12.2. The van der Waals surface area contributed by atoms with Crippen molar-refractivity contribution in [3.05, 3.63) is 41.8 Å². The van der Waals surface area contributed by atoms with E-state index < -0.39 is 6.10 Å². The van der Waals surface area contributed by atoms with Crippen LogP contribution in [0, 0.1) is 0 Å². The molecule has 1 amide bonds. The highest BCUT2D eigenvalue weighted by Gasteiger charge is 2.36. The van der Waals surface area contributed by atoms with Gasteiger partial charge in [0.2, 0.25) is 5.89 Å². The Morgan fingerprint density at radius 2 is 2.00 bits per heavy atom. The van der Waals surface area contributed by atoms with Crippen LogP contribution < -0.4 is 0 Å². The molecule has 2 aromatic rings. The normalized spacial score (nSPS) is 21.3. The molecule has 1 aliphatic heterocycles. The van der Waals surface area contributed by atoms with E-state index in [4.69, 9.17) is 4.42 Å². The average molecular weight is 298 g/mol. The number of likely N-dealkylation sites (tertiary alicyclic amines) is 1. The first-order valence-corrected chi connectivity index (χ1v) is 7.76. The monoisotopic (exact) mass is 298 g/mol. The molecule has 1 aromatic carbocycles. The van der Waals surface area contributed by atoms with E-state index in [1.54, 1.807) is 4.90 Å². The summed E-state index contributed by atoms with van der Waals surface area (Å²) in [5.41, 5.74) is 1.31. The van der Waals surface area contributed by atoms with Crippen molar-refractivity contribution in [2.75, 3.05) is 13.1 Å². The van der Waals surface area contributed by atoms with Gasteiger partial charge in [0.05, 0.1) is 6.10 Å². The van der Waals surface area contributed by atoms with Crippen molar-refractivity contribution in [3.63, 3.8) is 0 Å². The Labute approximate surface area is 128 Å². The van der Waals surface area contributed by atoms with Crippen LogP contribution in [0.3, 0.4) is 0 Å². The lowest BCUT2D eigenvalue weighted by molar-refractivity contribution is 0.0757. The molecule has 1 atom stereocenters. The molecule has 0 unspecified atom stereocenters. The fourth-order valence-corrected chi connectivity index (χ4v) is 2.89. The van der Waals surface area contributed by atoms with Crippen LogP contribution in [0.4, 0.5) is 0 Å². The standard InChI is InChI=1S/C17H18N2O3/c20-13-8-9-19(10-13)17(21)14-15(11-6-7-11)22-16(18-14)12-4-2-1-3-5-12/h1-5,11,13,20H,6-10H2/t13-/m1/s1. The maximum atomic E-state index is 12.7. The minimum absolute atomic E-state index is 0.121. The van der Waals surface area contributed by atoms with Gasteiger partial charge in [-0.05, 0) is 31.4 Å². The third-order valence-electron chi connectivity index (χ3n) is 4.28. The maximum Gasteiger partial charge on any atom is 0.276 e. The number of aliphatic hydroxyl groups is 1. The molecule has 1 saturated heterocycles. The first-order chi connectivity index (χ1) is 10.7. The van der Waals surface area contributed by atoms with Gasteiger partial charge in [0.15, 0.2) is 5.69 Å². The van der Waals surface area contributed by atoms with Gasteiger partial charge in [-0.25, -0.2) is 4.98 Å². The Morgan fingerprint density at radius 1 is 1.23 bits per heavy atom. The lowest BCUT2D eigenvalue weighted by Crippen LogP contribution is -2.30. The molecular weight excluding hydrogens is 280 g/mol. The Hall–Kier alpha value is -2.14. The van der Waals surface area contributed by atoms with Crippen LogP contribution in [0.15, 0.2) is 34.7 Å².